The van der Waals surface area contributed by atoms with Gasteiger partial charge in [-0.15, -0.1) is 0 Å². The zero-order valence-corrected chi connectivity index (χ0v) is 23.5. The molecule has 0 atom stereocenters. The number of rotatable bonds is 9. The lowest BCUT2D eigenvalue weighted by Gasteiger charge is -2.43. The van der Waals surface area contributed by atoms with Gasteiger partial charge in [0, 0.05) is 30.3 Å². The van der Waals surface area contributed by atoms with Crippen LogP contribution in [0.5, 0.6) is 5.75 Å². The number of ether oxygens (including phenoxy) is 1. The number of fused-ring (bicyclic) bond motifs is 1. The van der Waals surface area contributed by atoms with Gasteiger partial charge in [0.1, 0.15) is 5.82 Å². The standard InChI is InChI=1S/C37H31F3N2O/c38-33-22-25(31-17-10-18-34(41-30-19-20-30)35(31)43-36(39)40)21-26-23-42(24-32(26)33)37(27-11-4-1-5-12-27,28-13-6-2-7-14-28)29-15-8-3-9-16-29/h1-18,21-22,30,36,41H,19-20,23-24H2. The number of benzene rings is 5. The summed E-state index contributed by atoms with van der Waals surface area (Å²) in [4.78, 5) is 2.31. The highest BCUT2D eigenvalue weighted by Gasteiger charge is 2.45. The minimum atomic E-state index is -3.00. The van der Waals surface area contributed by atoms with Crippen molar-refractivity contribution in [3.05, 3.63) is 155 Å². The largest absolute Gasteiger partial charge is 0.432 e. The molecule has 1 saturated carbocycles. The predicted octanol–water partition coefficient (Wildman–Crippen LogP) is 8.98. The van der Waals surface area contributed by atoms with Crippen LogP contribution in [0.2, 0.25) is 0 Å². The molecular weight excluding hydrogens is 545 g/mol. The quantitative estimate of drug-likeness (QED) is 0.177. The molecule has 7 rings (SSSR count). The smallest absolute Gasteiger partial charge is 0.387 e. The summed E-state index contributed by atoms with van der Waals surface area (Å²) in [6.45, 7) is -2.16. The van der Waals surface area contributed by atoms with Crippen molar-refractivity contribution in [3.63, 3.8) is 0 Å². The Bertz CT molecular complexity index is 1630. The van der Waals surface area contributed by atoms with Gasteiger partial charge in [-0.1, -0.05) is 103 Å². The van der Waals surface area contributed by atoms with Gasteiger partial charge in [-0.05, 0) is 58.9 Å². The first-order valence-electron chi connectivity index (χ1n) is 14.6. The van der Waals surface area contributed by atoms with E-state index < -0.39 is 12.2 Å². The van der Waals surface area contributed by atoms with Gasteiger partial charge in [0.25, 0.3) is 0 Å². The van der Waals surface area contributed by atoms with Gasteiger partial charge in [-0.3, -0.25) is 4.90 Å². The summed E-state index contributed by atoms with van der Waals surface area (Å²) in [6.07, 6.45) is 1.96. The van der Waals surface area contributed by atoms with Crippen LogP contribution in [0.25, 0.3) is 11.1 Å². The van der Waals surface area contributed by atoms with Crippen LogP contribution >= 0.6 is 0 Å². The zero-order chi connectivity index (χ0) is 29.4. The lowest BCUT2D eigenvalue weighted by atomic mass is 9.75. The van der Waals surface area contributed by atoms with E-state index in [0.717, 1.165) is 35.1 Å². The molecule has 1 aliphatic heterocycles. The molecule has 216 valence electrons. The van der Waals surface area contributed by atoms with Gasteiger partial charge in [-0.2, -0.15) is 8.78 Å². The molecule has 2 aliphatic rings. The first kappa shape index (κ1) is 27.3. The summed E-state index contributed by atoms with van der Waals surface area (Å²) >= 11 is 0. The van der Waals surface area contributed by atoms with Crippen molar-refractivity contribution in [2.45, 2.75) is 44.1 Å². The van der Waals surface area contributed by atoms with Crippen molar-refractivity contribution < 1.29 is 17.9 Å². The predicted molar refractivity (Wildman–Crippen MR) is 164 cm³/mol. The molecule has 0 unspecified atom stereocenters. The number of anilines is 1. The lowest BCUT2D eigenvalue weighted by Crippen LogP contribution is -2.45. The van der Waals surface area contributed by atoms with E-state index in [1.807, 2.05) is 60.7 Å². The maximum atomic E-state index is 16.1. The highest BCUT2D eigenvalue weighted by Crippen LogP contribution is 2.48. The topological polar surface area (TPSA) is 24.5 Å². The summed E-state index contributed by atoms with van der Waals surface area (Å²) in [6, 6.07) is 39.8. The Balaban J connectivity index is 1.36. The van der Waals surface area contributed by atoms with Crippen molar-refractivity contribution >= 4 is 5.69 Å². The fraction of sp³-hybridized carbons (Fsp3) is 0.189. The molecule has 6 heteroatoms. The number of nitrogens with zero attached hydrogens (tertiary/aromatic N) is 1. The Morgan fingerprint density at radius 1 is 0.721 bits per heavy atom. The Kier molecular flexibility index (Phi) is 7.15. The number of halogens is 3. The maximum absolute atomic E-state index is 16.1. The fourth-order valence-corrected chi connectivity index (χ4v) is 6.48. The highest BCUT2D eigenvalue weighted by atomic mass is 19.3. The average molecular weight is 577 g/mol. The summed E-state index contributed by atoms with van der Waals surface area (Å²) in [5.41, 5.74) is 5.41. The Labute approximate surface area is 249 Å². The first-order chi connectivity index (χ1) is 21.0. The Hall–Kier alpha value is -4.55. The molecule has 0 radical (unpaired) electrons. The van der Waals surface area contributed by atoms with E-state index in [4.69, 9.17) is 4.74 Å². The van der Waals surface area contributed by atoms with Crippen LogP contribution in [0.15, 0.2) is 121 Å². The van der Waals surface area contributed by atoms with E-state index in [1.165, 1.54) is 6.07 Å². The highest BCUT2D eigenvalue weighted by molar-refractivity contribution is 5.79. The fourth-order valence-electron chi connectivity index (χ4n) is 6.48. The van der Waals surface area contributed by atoms with E-state index >= 15 is 4.39 Å². The molecule has 0 aromatic heterocycles. The van der Waals surface area contributed by atoms with E-state index in [-0.39, 0.29) is 17.6 Å². The third kappa shape index (κ3) is 5.06. The second-order valence-electron chi connectivity index (χ2n) is 11.2. The van der Waals surface area contributed by atoms with Crippen LogP contribution in [-0.4, -0.2) is 17.6 Å². The van der Waals surface area contributed by atoms with Gasteiger partial charge in [0.15, 0.2) is 5.75 Å². The third-order valence-corrected chi connectivity index (χ3v) is 8.52. The number of hydrogen-bond donors (Lipinski definition) is 1. The van der Waals surface area contributed by atoms with Crippen LogP contribution in [0.3, 0.4) is 0 Å². The minimum Gasteiger partial charge on any atom is -0.432 e. The van der Waals surface area contributed by atoms with Crippen molar-refractivity contribution in [1.82, 2.24) is 4.90 Å². The van der Waals surface area contributed by atoms with E-state index in [0.29, 0.717) is 35.5 Å². The normalized spacial score (nSPS) is 15.0. The van der Waals surface area contributed by atoms with E-state index in [9.17, 15) is 8.78 Å². The Morgan fingerprint density at radius 2 is 1.30 bits per heavy atom. The number of nitrogens with one attached hydrogen (secondary N) is 1. The van der Waals surface area contributed by atoms with Crippen LogP contribution in [0.1, 0.15) is 40.7 Å². The second kappa shape index (κ2) is 11.3. The molecule has 3 nitrogen and oxygen atoms in total. The molecule has 0 saturated heterocycles. The first-order valence-corrected chi connectivity index (χ1v) is 14.6. The summed E-state index contributed by atoms with van der Waals surface area (Å²) in [7, 11) is 0. The molecule has 1 heterocycles. The molecule has 5 aromatic carbocycles. The van der Waals surface area contributed by atoms with Crippen molar-refractivity contribution in [1.29, 1.82) is 0 Å². The van der Waals surface area contributed by atoms with Crippen molar-refractivity contribution in [2.75, 3.05) is 5.32 Å². The van der Waals surface area contributed by atoms with E-state index in [2.05, 4.69) is 46.6 Å². The van der Waals surface area contributed by atoms with Crippen molar-refractivity contribution in [3.8, 4) is 16.9 Å². The van der Waals surface area contributed by atoms with Gasteiger partial charge < -0.3 is 10.1 Å². The molecule has 0 amide bonds. The Morgan fingerprint density at radius 3 is 1.84 bits per heavy atom. The summed E-state index contributed by atoms with van der Waals surface area (Å²) in [5.74, 6) is -0.313. The van der Waals surface area contributed by atoms with Gasteiger partial charge in [0.2, 0.25) is 0 Å². The molecule has 5 aromatic rings. The lowest BCUT2D eigenvalue weighted by molar-refractivity contribution is -0.0489. The number of hydrogen-bond acceptors (Lipinski definition) is 3. The monoisotopic (exact) mass is 576 g/mol. The van der Waals surface area contributed by atoms with Crippen LogP contribution in [-0.2, 0) is 18.6 Å². The molecular formula is C37H31F3N2O. The van der Waals surface area contributed by atoms with Gasteiger partial charge in [0.05, 0.1) is 11.2 Å². The molecule has 1 aliphatic carbocycles. The number of para-hydroxylation sites is 1. The number of alkyl halides is 2. The summed E-state index contributed by atoms with van der Waals surface area (Å²) in [5, 5.41) is 3.29. The molecule has 0 spiro atoms. The zero-order valence-electron chi connectivity index (χ0n) is 23.5. The average Bonchev–Trinajstić information content (AvgIpc) is 3.75. The second-order valence-corrected chi connectivity index (χ2v) is 11.2. The van der Waals surface area contributed by atoms with Gasteiger partial charge in [-0.25, -0.2) is 4.39 Å². The van der Waals surface area contributed by atoms with Crippen molar-refractivity contribution in [2.24, 2.45) is 0 Å². The van der Waals surface area contributed by atoms with Crippen LogP contribution < -0.4 is 10.1 Å². The maximum Gasteiger partial charge on any atom is 0.387 e. The van der Waals surface area contributed by atoms with Crippen LogP contribution in [0.4, 0.5) is 18.9 Å². The molecule has 1 N–H and O–H groups in total. The SMILES string of the molecule is Fc1cc(-c2cccc(NC3CC3)c2OC(F)F)cc2c1CN(C(c1ccccc1)(c1ccccc1)c1ccccc1)C2. The van der Waals surface area contributed by atoms with Crippen LogP contribution in [0, 0.1) is 5.82 Å². The molecule has 43 heavy (non-hydrogen) atoms. The molecule has 1 fully saturated rings. The third-order valence-electron chi connectivity index (χ3n) is 8.52. The van der Waals surface area contributed by atoms with Gasteiger partial charge >= 0.3 is 6.61 Å². The van der Waals surface area contributed by atoms with E-state index in [1.54, 1.807) is 18.2 Å². The molecule has 0 bridgehead atoms. The summed E-state index contributed by atoms with van der Waals surface area (Å²) < 4.78 is 48.3. The minimum absolute atomic E-state index is 0.0470.